The van der Waals surface area contributed by atoms with Crippen LogP contribution in [0.4, 0.5) is 0 Å². The van der Waals surface area contributed by atoms with E-state index in [4.69, 9.17) is 5.73 Å². The van der Waals surface area contributed by atoms with E-state index in [0.29, 0.717) is 0 Å². The van der Waals surface area contributed by atoms with Gasteiger partial charge in [0.15, 0.2) is 0 Å². The Labute approximate surface area is 85.6 Å². The number of hydrogen-bond donors (Lipinski definition) is 1. The molecule has 0 saturated heterocycles. The number of nitrogens with two attached hydrogens (primary N) is 1. The summed E-state index contributed by atoms with van der Waals surface area (Å²) in [6, 6.07) is 0. The van der Waals surface area contributed by atoms with Gasteiger partial charge in [-0.2, -0.15) is 0 Å². The summed E-state index contributed by atoms with van der Waals surface area (Å²) in [7, 11) is 0. The predicted octanol–water partition coefficient (Wildman–Crippen LogP) is 1.13. The third kappa shape index (κ3) is 2.08. The lowest BCUT2D eigenvalue weighted by Gasteiger charge is -2.25. The number of amides is 1. The Kier molecular flexibility index (Phi) is 2.52. The van der Waals surface area contributed by atoms with Gasteiger partial charge in [-0.1, -0.05) is 6.92 Å². The van der Waals surface area contributed by atoms with E-state index in [9.17, 15) is 4.79 Å². The predicted molar refractivity (Wildman–Crippen MR) is 55.7 cm³/mol. The highest BCUT2D eigenvalue weighted by atomic mass is 16.2. The molecule has 2 rings (SSSR count). The van der Waals surface area contributed by atoms with Gasteiger partial charge in [0.2, 0.25) is 5.91 Å². The van der Waals surface area contributed by atoms with Crippen LogP contribution in [0.1, 0.15) is 39.0 Å². The van der Waals surface area contributed by atoms with Crippen molar-refractivity contribution in [3.63, 3.8) is 0 Å². The molecule has 0 aromatic carbocycles. The first kappa shape index (κ1) is 9.97. The Morgan fingerprint density at radius 3 is 2.57 bits per heavy atom. The summed E-state index contributed by atoms with van der Waals surface area (Å²) in [5.74, 6) is 0.971. The van der Waals surface area contributed by atoms with Gasteiger partial charge in [0.05, 0.1) is 5.54 Å². The third-order valence-electron chi connectivity index (χ3n) is 3.17. The first-order chi connectivity index (χ1) is 6.65. The summed E-state index contributed by atoms with van der Waals surface area (Å²) in [6.07, 6.45) is 5.40. The van der Waals surface area contributed by atoms with Gasteiger partial charge in [0.1, 0.15) is 0 Å². The Morgan fingerprint density at radius 2 is 2.14 bits per heavy atom. The normalized spacial score (nSPS) is 23.3. The van der Waals surface area contributed by atoms with Crippen LogP contribution in [0.15, 0.2) is 0 Å². The minimum Gasteiger partial charge on any atom is -0.341 e. The molecule has 0 heterocycles. The number of carbonyl (C=O) groups is 1. The molecule has 1 amide bonds. The molecule has 0 spiro atoms. The Balaban J connectivity index is 1.90. The van der Waals surface area contributed by atoms with E-state index in [1.165, 1.54) is 12.8 Å². The van der Waals surface area contributed by atoms with Crippen molar-refractivity contribution in [3.8, 4) is 0 Å². The van der Waals surface area contributed by atoms with Crippen molar-refractivity contribution in [2.75, 3.05) is 13.1 Å². The van der Waals surface area contributed by atoms with E-state index in [0.717, 1.165) is 38.3 Å². The molecule has 2 aliphatic carbocycles. The molecule has 3 heteroatoms. The van der Waals surface area contributed by atoms with Crippen molar-refractivity contribution >= 4 is 5.91 Å². The monoisotopic (exact) mass is 196 g/mol. The molecular weight excluding hydrogens is 176 g/mol. The fraction of sp³-hybridized carbons (Fsp3) is 0.909. The number of rotatable bonds is 5. The van der Waals surface area contributed by atoms with Gasteiger partial charge in [-0.25, -0.2) is 0 Å². The number of hydrogen-bond acceptors (Lipinski definition) is 2. The molecule has 0 aliphatic heterocycles. The minimum absolute atomic E-state index is 0.200. The Morgan fingerprint density at radius 1 is 1.50 bits per heavy atom. The molecule has 0 aromatic rings. The largest absolute Gasteiger partial charge is 0.341 e. The van der Waals surface area contributed by atoms with Gasteiger partial charge in [-0.15, -0.1) is 0 Å². The molecule has 2 fully saturated rings. The molecule has 2 N–H and O–H groups in total. The smallest absolute Gasteiger partial charge is 0.242 e. The Bertz CT molecular complexity index is 231. The molecule has 2 aliphatic rings. The number of carbonyl (C=O) groups excluding carboxylic acids is 1. The quantitative estimate of drug-likeness (QED) is 0.716. The number of nitrogens with zero attached hydrogens (tertiary/aromatic N) is 1. The van der Waals surface area contributed by atoms with Crippen LogP contribution in [0.3, 0.4) is 0 Å². The van der Waals surface area contributed by atoms with Crippen molar-refractivity contribution in [1.82, 2.24) is 4.90 Å². The van der Waals surface area contributed by atoms with Crippen LogP contribution >= 0.6 is 0 Å². The highest BCUT2D eigenvalue weighted by molar-refractivity contribution is 5.89. The van der Waals surface area contributed by atoms with E-state index in [2.05, 4.69) is 6.92 Å². The first-order valence-corrected chi connectivity index (χ1v) is 5.74. The second-order valence-corrected chi connectivity index (χ2v) is 4.85. The van der Waals surface area contributed by atoms with Crippen LogP contribution in [0.5, 0.6) is 0 Å². The summed E-state index contributed by atoms with van der Waals surface area (Å²) in [6.45, 7) is 3.95. The highest BCUT2D eigenvalue weighted by Crippen LogP contribution is 2.36. The van der Waals surface area contributed by atoms with Gasteiger partial charge in [0, 0.05) is 13.1 Å². The summed E-state index contributed by atoms with van der Waals surface area (Å²) in [4.78, 5) is 14.0. The van der Waals surface area contributed by atoms with Crippen LogP contribution in [-0.4, -0.2) is 29.4 Å². The molecule has 80 valence electrons. The summed E-state index contributed by atoms with van der Waals surface area (Å²) >= 11 is 0. The maximum Gasteiger partial charge on any atom is 0.242 e. The molecule has 0 unspecified atom stereocenters. The zero-order valence-corrected chi connectivity index (χ0v) is 8.96. The van der Waals surface area contributed by atoms with Crippen molar-refractivity contribution < 1.29 is 4.79 Å². The standard InChI is InChI=1S/C11H20N2O/c1-2-7-13(8-9-3-4-9)10(14)11(12)5-6-11/h9H,2-8,12H2,1H3. The van der Waals surface area contributed by atoms with Crippen molar-refractivity contribution in [2.45, 2.75) is 44.6 Å². The molecule has 14 heavy (non-hydrogen) atoms. The average Bonchev–Trinajstić information content (AvgIpc) is 3.02. The molecule has 0 bridgehead atoms. The SMILES string of the molecule is CCCN(CC1CC1)C(=O)C1(N)CC1. The van der Waals surface area contributed by atoms with Crippen LogP contribution in [0.2, 0.25) is 0 Å². The van der Waals surface area contributed by atoms with Gasteiger partial charge < -0.3 is 10.6 Å². The molecular formula is C11H20N2O. The summed E-state index contributed by atoms with van der Waals surface area (Å²) < 4.78 is 0. The lowest BCUT2D eigenvalue weighted by Crippen LogP contribution is -2.46. The molecule has 3 nitrogen and oxygen atoms in total. The molecule has 0 atom stereocenters. The van der Waals surface area contributed by atoms with Crippen molar-refractivity contribution in [3.05, 3.63) is 0 Å². The zero-order valence-electron chi connectivity index (χ0n) is 8.96. The van der Waals surface area contributed by atoms with Gasteiger partial charge >= 0.3 is 0 Å². The van der Waals surface area contributed by atoms with Crippen molar-refractivity contribution in [1.29, 1.82) is 0 Å². The maximum absolute atomic E-state index is 12.0. The fourth-order valence-electron chi connectivity index (χ4n) is 1.82. The van der Waals surface area contributed by atoms with Gasteiger partial charge in [-0.05, 0) is 38.0 Å². The van der Waals surface area contributed by atoms with Crippen LogP contribution in [0.25, 0.3) is 0 Å². The van der Waals surface area contributed by atoms with Crippen molar-refractivity contribution in [2.24, 2.45) is 11.7 Å². The second kappa shape index (κ2) is 3.54. The van der Waals surface area contributed by atoms with E-state index in [1.807, 2.05) is 4.90 Å². The Hall–Kier alpha value is -0.570. The summed E-state index contributed by atoms with van der Waals surface area (Å²) in [5, 5.41) is 0. The topological polar surface area (TPSA) is 46.3 Å². The molecule has 0 aromatic heterocycles. The van der Waals surface area contributed by atoms with Crippen LogP contribution < -0.4 is 5.73 Å². The molecule has 2 saturated carbocycles. The maximum atomic E-state index is 12.0. The van der Waals surface area contributed by atoms with E-state index in [1.54, 1.807) is 0 Å². The molecule has 0 radical (unpaired) electrons. The lowest BCUT2D eigenvalue weighted by molar-refractivity contribution is -0.133. The minimum atomic E-state index is -0.468. The first-order valence-electron chi connectivity index (χ1n) is 5.74. The second-order valence-electron chi connectivity index (χ2n) is 4.85. The average molecular weight is 196 g/mol. The van der Waals surface area contributed by atoms with E-state index >= 15 is 0 Å². The highest BCUT2D eigenvalue weighted by Gasteiger charge is 2.48. The lowest BCUT2D eigenvalue weighted by atomic mass is 10.2. The third-order valence-corrected chi connectivity index (χ3v) is 3.17. The van der Waals surface area contributed by atoms with Gasteiger partial charge in [0.25, 0.3) is 0 Å². The van der Waals surface area contributed by atoms with Crippen LogP contribution in [0, 0.1) is 5.92 Å². The summed E-state index contributed by atoms with van der Waals surface area (Å²) in [5.41, 5.74) is 5.46. The zero-order chi connectivity index (χ0) is 10.2. The van der Waals surface area contributed by atoms with Crippen LogP contribution in [-0.2, 0) is 4.79 Å². The van der Waals surface area contributed by atoms with Gasteiger partial charge in [-0.3, -0.25) is 4.79 Å². The van der Waals surface area contributed by atoms with E-state index in [-0.39, 0.29) is 5.91 Å². The van der Waals surface area contributed by atoms with E-state index < -0.39 is 5.54 Å². The fourth-order valence-corrected chi connectivity index (χ4v) is 1.82.